The summed E-state index contributed by atoms with van der Waals surface area (Å²) < 4.78 is 13.4. The molecule has 0 aliphatic heterocycles. The minimum absolute atomic E-state index is 0.125. The number of ether oxygens (including phenoxy) is 2. The first-order valence-electron chi connectivity index (χ1n) is 10.9. The molecule has 34 heavy (non-hydrogen) atoms. The Hall–Kier alpha value is -3.78. The van der Waals surface area contributed by atoms with Crippen LogP contribution >= 0.6 is 11.8 Å². The number of hydrogen-bond acceptors (Lipinski definition) is 6. The molecule has 8 heteroatoms. The second kappa shape index (κ2) is 10.9. The molecule has 0 spiro atoms. The zero-order chi connectivity index (χ0) is 23.9. The number of thioether (sulfide) groups is 1. The molecule has 0 saturated heterocycles. The normalized spacial score (nSPS) is 10.8. The van der Waals surface area contributed by atoms with Gasteiger partial charge in [0.2, 0.25) is 0 Å². The van der Waals surface area contributed by atoms with Crippen molar-refractivity contribution in [2.45, 2.75) is 24.6 Å². The summed E-state index contributed by atoms with van der Waals surface area (Å²) in [6.07, 6.45) is 1.54. The molecule has 0 saturated carbocycles. The van der Waals surface area contributed by atoms with Crippen LogP contribution in [0, 0.1) is 6.92 Å². The number of benzene rings is 3. The van der Waals surface area contributed by atoms with Gasteiger partial charge in [0, 0.05) is 4.90 Å². The van der Waals surface area contributed by atoms with E-state index >= 15 is 0 Å². The molecule has 7 nitrogen and oxygen atoms in total. The van der Waals surface area contributed by atoms with Gasteiger partial charge in [-0.2, -0.15) is 5.10 Å². The molecule has 4 rings (SSSR count). The van der Waals surface area contributed by atoms with E-state index in [1.165, 1.54) is 27.3 Å². The highest BCUT2D eigenvalue weighted by molar-refractivity contribution is 7.98. The Balaban J connectivity index is 1.40. The van der Waals surface area contributed by atoms with E-state index < -0.39 is 5.97 Å². The van der Waals surface area contributed by atoms with Gasteiger partial charge in [-0.15, -0.1) is 11.8 Å². The quantitative estimate of drug-likeness (QED) is 0.258. The molecule has 1 aromatic heterocycles. The van der Waals surface area contributed by atoms with Crippen molar-refractivity contribution in [3.63, 3.8) is 0 Å². The van der Waals surface area contributed by atoms with Gasteiger partial charge in [-0.25, -0.2) is 18.8 Å². The van der Waals surface area contributed by atoms with Gasteiger partial charge in [0.25, 0.3) is 0 Å². The second-order valence-electron chi connectivity index (χ2n) is 7.49. The first-order valence-corrected chi connectivity index (χ1v) is 11.9. The second-order valence-corrected chi connectivity index (χ2v) is 8.51. The molecule has 174 valence electrons. The molecule has 0 fully saturated rings. The molecule has 0 N–H and O–H groups in total. The fourth-order valence-corrected chi connectivity index (χ4v) is 4.27. The predicted octanol–water partition coefficient (Wildman–Crippen LogP) is 4.70. The van der Waals surface area contributed by atoms with Crippen molar-refractivity contribution in [2.24, 2.45) is 0 Å². The Kier molecular flexibility index (Phi) is 7.49. The van der Waals surface area contributed by atoms with E-state index in [1.807, 2.05) is 67.6 Å². The third kappa shape index (κ3) is 5.58. The molecule has 0 aliphatic rings. The molecule has 0 unspecified atom stereocenters. The van der Waals surface area contributed by atoms with Crippen LogP contribution in [-0.2, 0) is 15.4 Å². The van der Waals surface area contributed by atoms with Gasteiger partial charge in [0.15, 0.2) is 6.61 Å². The molecular formula is C26H25N3O4S. The van der Waals surface area contributed by atoms with E-state index in [0.717, 1.165) is 27.3 Å². The topological polar surface area (TPSA) is 75.3 Å². The van der Waals surface area contributed by atoms with Crippen molar-refractivity contribution in [2.75, 3.05) is 13.2 Å². The van der Waals surface area contributed by atoms with Gasteiger partial charge in [0.05, 0.1) is 18.2 Å². The van der Waals surface area contributed by atoms with Crippen LogP contribution in [0.3, 0.4) is 0 Å². The van der Waals surface area contributed by atoms with Crippen LogP contribution in [0.15, 0.2) is 88.8 Å². The smallest absolute Gasteiger partial charge is 0.351 e. The van der Waals surface area contributed by atoms with E-state index in [0.29, 0.717) is 18.2 Å². The Morgan fingerprint density at radius 1 is 1.00 bits per heavy atom. The zero-order valence-electron chi connectivity index (χ0n) is 19.0. The first kappa shape index (κ1) is 23.4. The number of rotatable bonds is 9. The predicted molar refractivity (Wildman–Crippen MR) is 132 cm³/mol. The number of carbonyl (C=O) groups excluding carboxylic acids is 1. The minimum atomic E-state index is -0.398. The summed E-state index contributed by atoms with van der Waals surface area (Å²) in [4.78, 5) is 25.3. The van der Waals surface area contributed by atoms with Crippen LogP contribution in [0.5, 0.6) is 5.75 Å². The summed E-state index contributed by atoms with van der Waals surface area (Å²) in [7, 11) is 0. The van der Waals surface area contributed by atoms with E-state index in [2.05, 4.69) is 17.2 Å². The average Bonchev–Trinajstić information content (AvgIpc) is 3.23. The van der Waals surface area contributed by atoms with Crippen molar-refractivity contribution < 1.29 is 14.3 Å². The number of carbonyl (C=O) groups is 1. The lowest BCUT2D eigenvalue weighted by molar-refractivity contribution is -0.145. The summed E-state index contributed by atoms with van der Waals surface area (Å²) in [5.41, 5.74) is 3.67. The maximum absolute atomic E-state index is 12.9. The summed E-state index contributed by atoms with van der Waals surface area (Å²) in [5.74, 6) is 0.596. The molecule has 0 aliphatic carbocycles. The van der Waals surface area contributed by atoms with Crippen molar-refractivity contribution in [1.82, 2.24) is 14.3 Å². The summed E-state index contributed by atoms with van der Waals surface area (Å²) in [6, 6.07) is 23.6. The number of aryl methyl sites for hydroxylation is 1. The van der Waals surface area contributed by atoms with Crippen LogP contribution in [0.2, 0.25) is 0 Å². The fraction of sp³-hybridized carbons (Fsp3) is 0.192. The monoisotopic (exact) mass is 475 g/mol. The number of nitrogens with zero attached hydrogens (tertiary/aromatic N) is 3. The highest BCUT2D eigenvalue weighted by atomic mass is 32.2. The van der Waals surface area contributed by atoms with Crippen molar-refractivity contribution in [3.8, 4) is 22.6 Å². The molecule has 4 aromatic rings. The van der Waals surface area contributed by atoms with Gasteiger partial charge in [-0.1, -0.05) is 42.5 Å². The summed E-state index contributed by atoms with van der Waals surface area (Å²) >= 11 is 1.49. The Labute approximate surface area is 202 Å². The number of aromatic nitrogens is 3. The highest BCUT2D eigenvalue weighted by Gasteiger charge is 2.10. The minimum Gasteiger partial charge on any atom is -0.482 e. The zero-order valence-corrected chi connectivity index (χ0v) is 19.8. The summed E-state index contributed by atoms with van der Waals surface area (Å²) in [6.45, 7) is 3.86. The molecule has 1 heterocycles. The molecule has 0 radical (unpaired) electrons. The van der Waals surface area contributed by atoms with Crippen molar-refractivity contribution in [1.29, 1.82) is 0 Å². The van der Waals surface area contributed by atoms with Gasteiger partial charge in [0.1, 0.15) is 12.1 Å². The fourth-order valence-electron chi connectivity index (χ4n) is 3.40. The molecular weight excluding hydrogens is 450 g/mol. The Morgan fingerprint density at radius 3 is 2.44 bits per heavy atom. The van der Waals surface area contributed by atoms with Crippen molar-refractivity contribution >= 4 is 17.7 Å². The molecule has 3 aromatic carbocycles. The maximum Gasteiger partial charge on any atom is 0.351 e. The molecule has 0 bridgehead atoms. The van der Waals surface area contributed by atoms with Gasteiger partial charge in [-0.05, 0) is 60.9 Å². The van der Waals surface area contributed by atoms with Gasteiger partial charge < -0.3 is 9.47 Å². The average molecular weight is 476 g/mol. The highest BCUT2D eigenvalue weighted by Crippen LogP contribution is 2.26. The standard InChI is InChI=1S/C26H25N3O4S/c1-3-32-25(30)16-33-24-14-13-23(15-19(24)2)34-18-29-26(31)28(17-27-29)22-11-9-21(10-12-22)20-7-5-4-6-8-20/h4-15,17H,3,16,18H2,1-2H3. The molecule has 0 atom stereocenters. The third-order valence-electron chi connectivity index (χ3n) is 5.14. The lowest BCUT2D eigenvalue weighted by atomic mass is 10.1. The summed E-state index contributed by atoms with van der Waals surface area (Å²) in [5, 5.41) is 4.26. The van der Waals surface area contributed by atoms with E-state index in [-0.39, 0.29) is 12.3 Å². The largest absolute Gasteiger partial charge is 0.482 e. The molecule has 0 amide bonds. The first-order chi connectivity index (χ1) is 16.5. The van der Waals surface area contributed by atoms with Crippen LogP contribution in [0.1, 0.15) is 12.5 Å². The van der Waals surface area contributed by atoms with Crippen LogP contribution in [-0.4, -0.2) is 33.5 Å². The Bertz CT molecular complexity index is 1310. The van der Waals surface area contributed by atoms with Gasteiger partial charge in [-0.3, -0.25) is 0 Å². The Morgan fingerprint density at radius 2 is 1.74 bits per heavy atom. The van der Waals surface area contributed by atoms with Crippen molar-refractivity contribution in [3.05, 3.63) is 95.2 Å². The van der Waals surface area contributed by atoms with Crippen LogP contribution in [0.4, 0.5) is 0 Å². The SMILES string of the molecule is CCOC(=O)COc1ccc(SCn2ncn(-c3ccc(-c4ccccc4)cc3)c2=O)cc1C. The van der Waals surface area contributed by atoms with Gasteiger partial charge >= 0.3 is 11.7 Å². The maximum atomic E-state index is 12.9. The van der Waals surface area contributed by atoms with E-state index in [9.17, 15) is 9.59 Å². The number of hydrogen-bond donors (Lipinski definition) is 0. The van der Waals surface area contributed by atoms with E-state index in [1.54, 1.807) is 6.92 Å². The number of esters is 1. The van der Waals surface area contributed by atoms with Crippen LogP contribution < -0.4 is 10.4 Å². The van der Waals surface area contributed by atoms with Crippen LogP contribution in [0.25, 0.3) is 16.8 Å². The lowest BCUT2D eigenvalue weighted by Gasteiger charge is -2.10. The lowest BCUT2D eigenvalue weighted by Crippen LogP contribution is -2.23. The van der Waals surface area contributed by atoms with E-state index in [4.69, 9.17) is 9.47 Å². The third-order valence-corrected chi connectivity index (χ3v) is 6.10.